The maximum absolute atomic E-state index is 12.5. The molecule has 1 aliphatic heterocycles. The van der Waals surface area contributed by atoms with Crippen molar-refractivity contribution in [1.82, 2.24) is 15.5 Å². The van der Waals surface area contributed by atoms with Crippen LogP contribution in [0.4, 0.5) is 0 Å². The maximum Gasteiger partial charge on any atom is 0.253 e. The molecule has 0 aromatic heterocycles. The summed E-state index contributed by atoms with van der Waals surface area (Å²) < 4.78 is 5.40. The highest BCUT2D eigenvalue weighted by Crippen LogP contribution is 2.17. The van der Waals surface area contributed by atoms with Crippen LogP contribution in [0.1, 0.15) is 36.5 Å². The van der Waals surface area contributed by atoms with E-state index < -0.39 is 0 Å². The number of carbonyl (C=O) groups is 2. The number of halogens is 1. The number of piperidine rings is 1. The van der Waals surface area contributed by atoms with Crippen LogP contribution in [0.15, 0.2) is 24.3 Å². The lowest BCUT2D eigenvalue weighted by atomic mass is 10.0. The van der Waals surface area contributed by atoms with Gasteiger partial charge >= 0.3 is 0 Å². The SMILES string of the molecule is CCOc1ccc(C(=O)N2CCC(NC(=O)CCNC)CC2)cc1.Cl. The largest absolute Gasteiger partial charge is 0.494 e. The molecule has 1 aromatic carbocycles. The molecule has 0 aliphatic carbocycles. The Kier molecular flexibility index (Phi) is 9.31. The zero-order chi connectivity index (χ0) is 17.4. The van der Waals surface area contributed by atoms with Crippen LogP contribution >= 0.6 is 12.4 Å². The summed E-state index contributed by atoms with van der Waals surface area (Å²) in [5.41, 5.74) is 0.676. The van der Waals surface area contributed by atoms with Gasteiger partial charge in [-0.05, 0) is 51.1 Å². The fraction of sp³-hybridized carbons (Fsp3) is 0.556. The summed E-state index contributed by atoms with van der Waals surface area (Å²) in [6, 6.07) is 7.42. The van der Waals surface area contributed by atoms with Crippen LogP contribution in [0.25, 0.3) is 0 Å². The van der Waals surface area contributed by atoms with Crippen molar-refractivity contribution in [2.45, 2.75) is 32.2 Å². The smallest absolute Gasteiger partial charge is 0.253 e. The molecule has 7 heteroatoms. The van der Waals surface area contributed by atoms with Crippen LogP contribution in [-0.4, -0.2) is 56.0 Å². The summed E-state index contributed by atoms with van der Waals surface area (Å²) in [7, 11) is 1.83. The first-order valence-corrected chi connectivity index (χ1v) is 8.60. The number of hydrogen-bond acceptors (Lipinski definition) is 4. The van der Waals surface area contributed by atoms with Gasteiger partial charge in [-0.1, -0.05) is 0 Å². The topological polar surface area (TPSA) is 70.7 Å². The number of amides is 2. The fourth-order valence-corrected chi connectivity index (χ4v) is 2.81. The molecule has 1 fully saturated rings. The van der Waals surface area contributed by atoms with Gasteiger partial charge in [0.1, 0.15) is 5.75 Å². The molecule has 25 heavy (non-hydrogen) atoms. The molecular weight excluding hydrogens is 342 g/mol. The zero-order valence-electron chi connectivity index (χ0n) is 14.9. The third-order valence-corrected chi connectivity index (χ3v) is 4.16. The molecule has 1 aliphatic rings. The quantitative estimate of drug-likeness (QED) is 0.769. The van der Waals surface area contributed by atoms with Gasteiger partial charge in [0.15, 0.2) is 0 Å². The van der Waals surface area contributed by atoms with Gasteiger partial charge < -0.3 is 20.3 Å². The molecule has 6 nitrogen and oxygen atoms in total. The highest BCUT2D eigenvalue weighted by atomic mass is 35.5. The van der Waals surface area contributed by atoms with Crippen LogP contribution in [0.3, 0.4) is 0 Å². The van der Waals surface area contributed by atoms with Crippen molar-refractivity contribution < 1.29 is 14.3 Å². The normalized spacial score (nSPS) is 14.6. The van der Waals surface area contributed by atoms with E-state index in [0.717, 1.165) is 18.6 Å². The molecular formula is C18H28ClN3O3. The van der Waals surface area contributed by atoms with Crippen molar-refractivity contribution in [3.63, 3.8) is 0 Å². The number of hydrogen-bond donors (Lipinski definition) is 2. The molecule has 0 unspecified atom stereocenters. The summed E-state index contributed by atoms with van der Waals surface area (Å²) in [4.78, 5) is 26.1. The molecule has 1 saturated heterocycles. The lowest BCUT2D eigenvalue weighted by molar-refractivity contribution is -0.121. The van der Waals surface area contributed by atoms with Gasteiger partial charge in [-0.15, -0.1) is 12.4 Å². The van der Waals surface area contributed by atoms with E-state index in [2.05, 4.69) is 10.6 Å². The summed E-state index contributed by atoms with van der Waals surface area (Å²) in [6.45, 7) is 4.56. The van der Waals surface area contributed by atoms with Crippen LogP contribution < -0.4 is 15.4 Å². The Labute approximate surface area is 155 Å². The Balaban J connectivity index is 0.00000312. The predicted octanol–water partition coefficient (Wildman–Crippen LogP) is 1.84. The predicted molar refractivity (Wildman–Crippen MR) is 100 cm³/mol. The minimum Gasteiger partial charge on any atom is -0.494 e. The van der Waals surface area contributed by atoms with Gasteiger partial charge in [0, 0.05) is 37.7 Å². The second-order valence-corrected chi connectivity index (χ2v) is 5.94. The third kappa shape index (κ3) is 6.55. The fourth-order valence-electron chi connectivity index (χ4n) is 2.81. The summed E-state index contributed by atoms with van der Waals surface area (Å²) >= 11 is 0. The maximum atomic E-state index is 12.5. The van der Waals surface area contributed by atoms with E-state index >= 15 is 0 Å². The van der Waals surface area contributed by atoms with Crippen LogP contribution in [0.5, 0.6) is 5.75 Å². The summed E-state index contributed by atoms with van der Waals surface area (Å²) in [6.07, 6.45) is 2.09. The van der Waals surface area contributed by atoms with E-state index in [9.17, 15) is 9.59 Å². The monoisotopic (exact) mass is 369 g/mol. The summed E-state index contributed by atoms with van der Waals surface area (Å²) in [5.74, 6) is 0.885. The number of benzene rings is 1. The molecule has 0 saturated carbocycles. The average molecular weight is 370 g/mol. The molecule has 2 amide bonds. The lowest BCUT2D eigenvalue weighted by Gasteiger charge is -2.32. The molecule has 0 radical (unpaired) electrons. The molecule has 1 aromatic rings. The zero-order valence-corrected chi connectivity index (χ0v) is 15.7. The van der Waals surface area contributed by atoms with Gasteiger partial charge in [-0.2, -0.15) is 0 Å². The van der Waals surface area contributed by atoms with E-state index in [-0.39, 0.29) is 30.3 Å². The van der Waals surface area contributed by atoms with Crippen LogP contribution in [0, 0.1) is 0 Å². The third-order valence-electron chi connectivity index (χ3n) is 4.16. The minimum atomic E-state index is 0. The number of carbonyl (C=O) groups excluding carboxylic acids is 2. The molecule has 1 heterocycles. The van der Waals surface area contributed by atoms with E-state index in [1.807, 2.05) is 31.0 Å². The highest BCUT2D eigenvalue weighted by molar-refractivity contribution is 5.94. The van der Waals surface area contributed by atoms with Crippen molar-refractivity contribution >= 4 is 24.2 Å². The standard InChI is InChI=1S/C18H27N3O3.ClH/c1-3-24-16-6-4-14(5-7-16)18(23)21-12-9-15(10-13-21)20-17(22)8-11-19-2;/h4-7,15,19H,3,8-13H2,1-2H3,(H,20,22);1H. The number of ether oxygens (including phenoxy) is 1. The first kappa shape index (κ1) is 21.3. The van der Waals surface area contributed by atoms with E-state index in [1.165, 1.54) is 0 Å². The van der Waals surface area contributed by atoms with Crippen molar-refractivity contribution in [3.8, 4) is 5.75 Å². The Morgan fingerprint density at radius 1 is 1.20 bits per heavy atom. The van der Waals surface area contributed by atoms with Gasteiger partial charge in [0.25, 0.3) is 5.91 Å². The second-order valence-electron chi connectivity index (χ2n) is 5.94. The molecule has 0 spiro atoms. The number of nitrogens with zero attached hydrogens (tertiary/aromatic N) is 1. The molecule has 0 atom stereocenters. The molecule has 2 N–H and O–H groups in total. The Hall–Kier alpha value is -1.79. The van der Waals surface area contributed by atoms with Crippen molar-refractivity contribution in [2.24, 2.45) is 0 Å². The van der Waals surface area contributed by atoms with E-state index in [1.54, 1.807) is 12.1 Å². The first-order chi connectivity index (χ1) is 11.6. The van der Waals surface area contributed by atoms with Crippen molar-refractivity contribution in [1.29, 1.82) is 0 Å². The Bertz CT molecular complexity index is 543. The molecule has 140 valence electrons. The average Bonchev–Trinajstić information content (AvgIpc) is 2.61. The van der Waals surface area contributed by atoms with Gasteiger partial charge in [-0.3, -0.25) is 9.59 Å². The Morgan fingerprint density at radius 2 is 1.84 bits per heavy atom. The van der Waals surface area contributed by atoms with Crippen LogP contribution in [0.2, 0.25) is 0 Å². The number of likely N-dealkylation sites (tertiary alicyclic amines) is 1. The highest BCUT2D eigenvalue weighted by Gasteiger charge is 2.24. The van der Waals surface area contributed by atoms with Gasteiger partial charge in [-0.25, -0.2) is 0 Å². The molecule has 0 bridgehead atoms. The lowest BCUT2D eigenvalue weighted by Crippen LogP contribution is -2.46. The summed E-state index contributed by atoms with van der Waals surface area (Å²) in [5, 5.41) is 6.01. The van der Waals surface area contributed by atoms with Crippen molar-refractivity contribution in [2.75, 3.05) is 33.3 Å². The van der Waals surface area contributed by atoms with Crippen molar-refractivity contribution in [3.05, 3.63) is 29.8 Å². The van der Waals surface area contributed by atoms with Gasteiger partial charge in [0.05, 0.1) is 6.61 Å². The van der Waals surface area contributed by atoms with E-state index in [0.29, 0.717) is 38.2 Å². The second kappa shape index (κ2) is 10.9. The number of rotatable bonds is 7. The van der Waals surface area contributed by atoms with E-state index in [4.69, 9.17) is 4.74 Å². The number of nitrogens with one attached hydrogen (secondary N) is 2. The first-order valence-electron chi connectivity index (χ1n) is 8.60. The van der Waals surface area contributed by atoms with Crippen LogP contribution in [-0.2, 0) is 4.79 Å². The Morgan fingerprint density at radius 3 is 2.40 bits per heavy atom. The molecule has 2 rings (SSSR count). The van der Waals surface area contributed by atoms with Gasteiger partial charge in [0.2, 0.25) is 5.91 Å². The minimum absolute atomic E-state index is 0.